The first-order chi connectivity index (χ1) is 5.77. The lowest BCUT2D eigenvalue weighted by Crippen LogP contribution is -1.93. The molecule has 1 aromatic heterocycles. The largest absolute Gasteiger partial charge is 0.481 e. The van der Waals surface area contributed by atoms with Crippen molar-refractivity contribution in [3.63, 3.8) is 0 Å². The molecule has 0 saturated carbocycles. The summed E-state index contributed by atoms with van der Waals surface area (Å²) in [5.74, 6) is 0.429. The van der Waals surface area contributed by atoms with Gasteiger partial charge in [-0.25, -0.2) is 11.6 Å². The molecule has 0 amide bonds. The third-order valence-corrected chi connectivity index (χ3v) is 1.56. The number of hydrogen-bond acceptors (Lipinski definition) is 2. The summed E-state index contributed by atoms with van der Waals surface area (Å²) in [6, 6.07) is 3.39. The van der Waals surface area contributed by atoms with Gasteiger partial charge in [-0.15, -0.1) is 0 Å². The fourth-order valence-corrected chi connectivity index (χ4v) is 0.969. The molecule has 12 heavy (non-hydrogen) atoms. The van der Waals surface area contributed by atoms with Gasteiger partial charge in [0.05, 0.1) is 12.7 Å². The van der Waals surface area contributed by atoms with Crippen LogP contribution in [0.4, 0.5) is 0 Å². The number of nitrogens with zero attached hydrogens (tertiary/aromatic N) is 2. The predicted molar refractivity (Wildman–Crippen MR) is 46.1 cm³/mol. The second kappa shape index (κ2) is 3.93. The summed E-state index contributed by atoms with van der Waals surface area (Å²) in [6.45, 7) is 6.95. The molecule has 0 spiro atoms. The van der Waals surface area contributed by atoms with Gasteiger partial charge in [-0.2, -0.15) is 0 Å². The summed E-state index contributed by atoms with van der Waals surface area (Å²) in [5.41, 5.74) is 0.761. The Hall–Kier alpha value is -1.27. The molecule has 0 radical (unpaired) electrons. The Morgan fingerprint density at radius 1 is 1.67 bits per heavy atom. The van der Waals surface area contributed by atoms with Crippen LogP contribution in [0.5, 0.6) is 5.88 Å². The van der Waals surface area contributed by atoms with Crippen LogP contribution in [-0.4, -0.2) is 12.1 Å². The fourth-order valence-electron chi connectivity index (χ4n) is 0.829. The van der Waals surface area contributed by atoms with E-state index in [1.54, 1.807) is 12.1 Å². The molecule has 0 atom stereocenters. The number of methoxy groups -OCH3 is 1. The van der Waals surface area contributed by atoms with E-state index in [9.17, 15) is 0 Å². The predicted octanol–water partition coefficient (Wildman–Crippen LogP) is 2.16. The molecule has 0 bridgehead atoms. The highest BCUT2D eigenvalue weighted by Gasteiger charge is 2.06. The molecule has 1 rings (SSSR count). The van der Waals surface area contributed by atoms with Crippen molar-refractivity contribution in [2.75, 3.05) is 7.11 Å². The van der Waals surface area contributed by atoms with Gasteiger partial charge in [0, 0.05) is 0 Å². The van der Waals surface area contributed by atoms with Gasteiger partial charge in [0.1, 0.15) is 5.15 Å². The molecule has 0 N–H and O–H groups in total. The van der Waals surface area contributed by atoms with Crippen LogP contribution in [0.3, 0.4) is 0 Å². The molecule has 0 aliphatic carbocycles. The minimum Gasteiger partial charge on any atom is -0.481 e. The fraction of sp³-hybridized carbons (Fsp3) is 0.250. The van der Waals surface area contributed by atoms with Crippen LogP contribution in [0.15, 0.2) is 12.1 Å². The molecular weight excluding hydrogens is 176 g/mol. The lowest BCUT2D eigenvalue weighted by molar-refractivity contribution is 0.393. The second-order valence-electron chi connectivity index (χ2n) is 2.12. The normalized spacial score (nSPS) is 9.08. The first-order valence-corrected chi connectivity index (χ1v) is 3.68. The van der Waals surface area contributed by atoms with Crippen LogP contribution in [0.25, 0.3) is 4.85 Å². The number of aromatic nitrogens is 1. The quantitative estimate of drug-likeness (QED) is 0.518. The zero-order valence-electron chi connectivity index (χ0n) is 6.54. The first kappa shape index (κ1) is 8.82. The summed E-state index contributed by atoms with van der Waals surface area (Å²) in [5, 5.41) is 0.376. The van der Waals surface area contributed by atoms with Gasteiger partial charge in [-0.1, -0.05) is 11.6 Å². The summed E-state index contributed by atoms with van der Waals surface area (Å²) < 4.78 is 4.94. The van der Waals surface area contributed by atoms with E-state index in [4.69, 9.17) is 22.9 Å². The summed E-state index contributed by atoms with van der Waals surface area (Å²) in [4.78, 5) is 7.14. The molecule has 1 heterocycles. The van der Waals surface area contributed by atoms with Crippen molar-refractivity contribution in [2.45, 2.75) is 6.54 Å². The SMILES string of the molecule is [C-]#[N+]Cc1ccc(Cl)nc1OC. The van der Waals surface area contributed by atoms with Gasteiger partial charge in [-0.3, -0.25) is 0 Å². The number of pyridine rings is 1. The zero-order chi connectivity index (χ0) is 8.97. The van der Waals surface area contributed by atoms with E-state index in [-0.39, 0.29) is 6.54 Å². The highest BCUT2D eigenvalue weighted by Crippen LogP contribution is 2.18. The molecule has 0 aromatic carbocycles. The van der Waals surface area contributed by atoms with Gasteiger partial charge in [0.15, 0.2) is 0 Å². The van der Waals surface area contributed by atoms with Gasteiger partial charge >= 0.3 is 0 Å². The van der Waals surface area contributed by atoms with E-state index in [0.717, 1.165) is 5.56 Å². The molecule has 3 nitrogen and oxygen atoms in total. The van der Waals surface area contributed by atoms with E-state index < -0.39 is 0 Å². The highest BCUT2D eigenvalue weighted by atomic mass is 35.5. The van der Waals surface area contributed by atoms with Crippen molar-refractivity contribution in [2.24, 2.45) is 0 Å². The van der Waals surface area contributed by atoms with Crippen molar-refractivity contribution < 1.29 is 4.74 Å². The molecule has 62 valence electrons. The van der Waals surface area contributed by atoms with Crippen molar-refractivity contribution in [3.8, 4) is 5.88 Å². The molecule has 0 fully saturated rings. The maximum absolute atomic E-state index is 6.67. The van der Waals surface area contributed by atoms with Crippen molar-refractivity contribution in [3.05, 3.63) is 34.3 Å². The third kappa shape index (κ3) is 1.86. The first-order valence-electron chi connectivity index (χ1n) is 3.30. The van der Waals surface area contributed by atoms with Gasteiger partial charge < -0.3 is 9.58 Å². The highest BCUT2D eigenvalue weighted by molar-refractivity contribution is 6.29. The molecular formula is C8H7ClN2O. The van der Waals surface area contributed by atoms with Crippen LogP contribution in [0, 0.1) is 6.57 Å². The van der Waals surface area contributed by atoms with E-state index in [2.05, 4.69) is 9.83 Å². The Morgan fingerprint density at radius 2 is 2.42 bits per heavy atom. The maximum atomic E-state index is 6.67. The average molecular weight is 183 g/mol. The van der Waals surface area contributed by atoms with E-state index >= 15 is 0 Å². The van der Waals surface area contributed by atoms with Crippen LogP contribution < -0.4 is 4.74 Å². The van der Waals surface area contributed by atoms with E-state index in [1.807, 2.05) is 0 Å². The minimum atomic E-state index is 0.271. The van der Waals surface area contributed by atoms with Crippen molar-refractivity contribution in [1.29, 1.82) is 0 Å². The van der Waals surface area contributed by atoms with Gasteiger partial charge in [0.25, 0.3) is 0 Å². The lowest BCUT2D eigenvalue weighted by Gasteiger charge is -2.01. The molecule has 0 aliphatic heterocycles. The van der Waals surface area contributed by atoms with E-state index in [0.29, 0.717) is 11.0 Å². The Morgan fingerprint density at radius 3 is 3.00 bits per heavy atom. The van der Waals surface area contributed by atoms with Crippen LogP contribution >= 0.6 is 11.6 Å². The number of halogens is 1. The Balaban J connectivity index is 3.04. The van der Waals surface area contributed by atoms with Crippen LogP contribution in [0.2, 0.25) is 5.15 Å². The molecule has 0 aliphatic rings. The van der Waals surface area contributed by atoms with Crippen LogP contribution in [-0.2, 0) is 6.54 Å². The smallest absolute Gasteiger partial charge is 0.245 e. The van der Waals surface area contributed by atoms with Crippen molar-refractivity contribution in [1.82, 2.24) is 4.98 Å². The monoisotopic (exact) mass is 182 g/mol. The zero-order valence-corrected chi connectivity index (χ0v) is 7.30. The molecule has 1 aromatic rings. The Labute approximate surface area is 75.8 Å². The summed E-state index contributed by atoms with van der Waals surface area (Å²) in [6.07, 6.45) is 0. The lowest BCUT2D eigenvalue weighted by atomic mass is 10.3. The molecule has 4 heteroatoms. The maximum Gasteiger partial charge on any atom is 0.245 e. The average Bonchev–Trinajstić information content (AvgIpc) is 2.08. The third-order valence-electron chi connectivity index (χ3n) is 1.35. The number of ether oxygens (including phenoxy) is 1. The Bertz CT molecular complexity index is 319. The van der Waals surface area contributed by atoms with Gasteiger partial charge in [-0.05, 0) is 12.1 Å². The van der Waals surface area contributed by atoms with Gasteiger partial charge in [0.2, 0.25) is 12.4 Å². The van der Waals surface area contributed by atoms with Crippen LogP contribution in [0.1, 0.15) is 5.56 Å². The second-order valence-corrected chi connectivity index (χ2v) is 2.51. The standard InChI is InChI=1S/C8H7ClN2O/c1-10-5-6-3-4-7(9)11-8(6)12-2/h3-4H,5H2,2H3. The summed E-state index contributed by atoms with van der Waals surface area (Å²) in [7, 11) is 1.51. The number of hydrogen-bond donors (Lipinski definition) is 0. The summed E-state index contributed by atoms with van der Waals surface area (Å²) >= 11 is 5.63. The topological polar surface area (TPSA) is 26.5 Å². The molecule has 0 unspecified atom stereocenters. The minimum absolute atomic E-state index is 0.271. The molecule has 0 saturated heterocycles. The van der Waals surface area contributed by atoms with Crippen molar-refractivity contribution >= 4 is 11.6 Å². The number of rotatable bonds is 2. The van der Waals surface area contributed by atoms with E-state index in [1.165, 1.54) is 7.11 Å². The Kier molecular flexibility index (Phi) is 2.89.